The van der Waals surface area contributed by atoms with E-state index in [1.807, 2.05) is 38.1 Å². The molecule has 0 aromatic heterocycles. The van der Waals surface area contributed by atoms with Crippen LogP contribution in [0.3, 0.4) is 0 Å². The van der Waals surface area contributed by atoms with Gasteiger partial charge in [-0.05, 0) is 71.5 Å². The first-order chi connectivity index (χ1) is 11.8. The van der Waals surface area contributed by atoms with Crippen LogP contribution in [0.4, 0.5) is 0 Å². The van der Waals surface area contributed by atoms with Crippen molar-refractivity contribution in [1.29, 1.82) is 0 Å². The summed E-state index contributed by atoms with van der Waals surface area (Å²) in [5.74, 6) is 0. The number of halogens is 1. The van der Waals surface area contributed by atoms with Crippen LogP contribution in [0.15, 0.2) is 65.6 Å². The largest absolute Gasteiger partial charge is 0.238 e. The van der Waals surface area contributed by atoms with Crippen LogP contribution in [0, 0.1) is 13.8 Å². The third-order valence-electron chi connectivity index (χ3n) is 4.17. The molecule has 0 unspecified atom stereocenters. The van der Waals surface area contributed by atoms with Crippen molar-refractivity contribution in [2.75, 3.05) is 0 Å². The minimum Gasteiger partial charge on any atom is -0.225 e. The molecule has 0 heterocycles. The van der Waals surface area contributed by atoms with Crippen LogP contribution in [0.1, 0.15) is 11.1 Å². The van der Waals surface area contributed by atoms with Gasteiger partial charge in [0.25, 0.3) is 0 Å². The molecule has 0 aliphatic rings. The third kappa shape index (κ3) is 3.61. The number of nitrogens with two attached hydrogens (primary N) is 1. The fourth-order valence-corrected chi connectivity index (χ4v) is 3.54. The zero-order valence-corrected chi connectivity index (χ0v) is 15.5. The second kappa shape index (κ2) is 6.64. The minimum absolute atomic E-state index is 0.104. The number of aryl methyl sites for hydroxylation is 2. The molecular formula is C20H18ClNO2S. The predicted molar refractivity (Wildman–Crippen MR) is 103 cm³/mol. The molecule has 0 radical (unpaired) electrons. The smallest absolute Gasteiger partial charge is 0.225 e. The summed E-state index contributed by atoms with van der Waals surface area (Å²) < 4.78 is 22.9. The second-order valence-corrected chi connectivity index (χ2v) is 7.98. The lowest BCUT2D eigenvalue weighted by atomic mass is 9.93. The number of benzene rings is 3. The van der Waals surface area contributed by atoms with Crippen molar-refractivity contribution < 1.29 is 8.42 Å². The first-order valence-corrected chi connectivity index (χ1v) is 9.69. The molecule has 0 aliphatic heterocycles. The van der Waals surface area contributed by atoms with Crippen molar-refractivity contribution in [2.45, 2.75) is 18.7 Å². The number of primary sulfonamides is 1. The highest BCUT2D eigenvalue weighted by molar-refractivity contribution is 7.89. The molecule has 3 rings (SSSR count). The second-order valence-electron chi connectivity index (χ2n) is 6.04. The van der Waals surface area contributed by atoms with E-state index < -0.39 is 10.0 Å². The van der Waals surface area contributed by atoms with Gasteiger partial charge in [-0.3, -0.25) is 0 Å². The normalized spacial score (nSPS) is 11.5. The van der Waals surface area contributed by atoms with Crippen LogP contribution >= 0.6 is 11.6 Å². The summed E-state index contributed by atoms with van der Waals surface area (Å²) in [6.07, 6.45) is 0. The Hall–Kier alpha value is -2.14. The lowest BCUT2D eigenvalue weighted by molar-refractivity contribution is 0.598. The van der Waals surface area contributed by atoms with E-state index in [4.69, 9.17) is 16.7 Å². The minimum atomic E-state index is -3.69. The number of rotatable bonds is 3. The Morgan fingerprint density at radius 3 is 1.76 bits per heavy atom. The number of hydrogen-bond donors (Lipinski definition) is 1. The summed E-state index contributed by atoms with van der Waals surface area (Å²) in [6.45, 7) is 3.98. The van der Waals surface area contributed by atoms with E-state index in [0.717, 1.165) is 38.4 Å². The molecule has 128 valence electrons. The highest BCUT2D eigenvalue weighted by Crippen LogP contribution is 2.35. The fourth-order valence-electron chi connectivity index (χ4n) is 2.91. The Labute approximate surface area is 153 Å². The SMILES string of the molecule is Cc1cc(-c2ccccc2-c2ccc(S(N)(=O)=O)cc2)cc(C)c1Cl. The Kier molecular flexibility index (Phi) is 4.69. The van der Waals surface area contributed by atoms with Crippen LogP contribution in [0.25, 0.3) is 22.3 Å². The van der Waals surface area contributed by atoms with Crippen molar-refractivity contribution in [1.82, 2.24) is 0 Å². The molecule has 5 heteroatoms. The fraction of sp³-hybridized carbons (Fsp3) is 0.100. The highest BCUT2D eigenvalue weighted by atomic mass is 35.5. The topological polar surface area (TPSA) is 60.2 Å². The summed E-state index contributed by atoms with van der Waals surface area (Å²) in [4.78, 5) is 0.104. The van der Waals surface area contributed by atoms with Gasteiger partial charge < -0.3 is 0 Å². The molecule has 2 N–H and O–H groups in total. The van der Waals surface area contributed by atoms with Crippen LogP contribution in [0.5, 0.6) is 0 Å². The van der Waals surface area contributed by atoms with E-state index in [0.29, 0.717) is 0 Å². The van der Waals surface area contributed by atoms with Gasteiger partial charge in [0.2, 0.25) is 10.0 Å². The zero-order chi connectivity index (χ0) is 18.2. The Morgan fingerprint density at radius 2 is 1.28 bits per heavy atom. The van der Waals surface area contributed by atoms with Crippen LogP contribution in [0.2, 0.25) is 5.02 Å². The Morgan fingerprint density at radius 1 is 0.800 bits per heavy atom. The molecule has 0 fully saturated rings. The van der Waals surface area contributed by atoms with Crippen molar-refractivity contribution in [3.63, 3.8) is 0 Å². The molecule has 0 atom stereocenters. The Balaban J connectivity index is 2.14. The average Bonchev–Trinajstić information content (AvgIpc) is 2.58. The van der Waals surface area contributed by atoms with Gasteiger partial charge in [0.15, 0.2) is 0 Å². The van der Waals surface area contributed by atoms with Gasteiger partial charge >= 0.3 is 0 Å². The number of sulfonamides is 1. The van der Waals surface area contributed by atoms with E-state index in [1.165, 1.54) is 12.1 Å². The van der Waals surface area contributed by atoms with Gasteiger partial charge in [-0.1, -0.05) is 48.0 Å². The molecule has 0 saturated carbocycles. The van der Waals surface area contributed by atoms with Crippen molar-refractivity contribution in [2.24, 2.45) is 5.14 Å². The van der Waals surface area contributed by atoms with E-state index in [-0.39, 0.29) is 4.90 Å². The molecule has 0 amide bonds. The summed E-state index contributed by atoms with van der Waals surface area (Å²) in [7, 11) is -3.69. The molecule has 0 bridgehead atoms. The summed E-state index contributed by atoms with van der Waals surface area (Å²) in [6, 6.07) is 18.7. The maximum atomic E-state index is 11.4. The lowest BCUT2D eigenvalue weighted by Gasteiger charge is -2.13. The third-order valence-corrected chi connectivity index (χ3v) is 5.69. The first-order valence-electron chi connectivity index (χ1n) is 7.77. The molecule has 3 nitrogen and oxygen atoms in total. The van der Waals surface area contributed by atoms with Crippen molar-refractivity contribution in [3.8, 4) is 22.3 Å². The quantitative estimate of drug-likeness (QED) is 0.708. The zero-order valence-electron chi connectivity index (χ0n) is 14.0. The molecule has 3 aromatic carbocycles. The highest BCUT2D eigenvalue weighted by Gasteiger charge is 2.12. The molecule has 3 aromatic rings. The first kappa shape index (κ1) is 17.7. The Bertz CT molecular complexity index is 1020. The van der Waals surface area contributed by atoms with Gasteiger partial charge in [-0.15, -0.1) is 0 Å². The van der Waals surface area contributed by atoms with Gasteiger partial charge in [0.05, 0.1) is 4.90 Å². The van der Waals surface area contributed by atoms with Gasteiger partial charge in [-0.25, -0.2) is 13.6 Å². The van der Waals surface area contributed by atoms with Gasteiger partial charge in [-0.2, -0.15) is 0 Å². The van der Waals surface area contributed by atoms with E-state index in [1.54, 1.807) is 12.1 Å². The average molecular weight is 372 g/mol. The van der Waals surface area contributed by atoms with Gasteiger partial charge in [0.1, 0.15) is 0 Å². The standard InChI is InChI=1S/C20H18ClNO2S/c1-13-11-16(12-14(2)20(13)21)19-6-4-3-5-18(19)15-7-9-17(10-8-15)25(22,23)24/h3-12H,1-2H3,(H2,22,23,24). The maximum absolute atomic E-state index is 11.4. The molecule has 25 heavy (non-hydrogen) atoms. The number of hydrogen-bond acceptors (Lipinski definition) is 2. The molecule has 0 aliphatic carbocycles. The van der Waals surface area contributed by atoms with Gasteiger partial charge in [0, 0.05) is 5.02 Å². The van der Waals surface area contributed by atoms with E-state index in [9.17, 15) is 8.42 Å². The van der Waals surface area contributed by atoms with Crippen molar-refractivity contribution >= 4 is 21.6 Å². The van der Waals surface area contributed by atoms with E-state index >= 15 is 0 Å². The van der Waals surface area contributed by atoms with Crippen molar-refractivity contribution in [3.05, 3.63) is 76.8 Å². The monoisotopic (exact) mass is 371 g/mol. The summed E-state index contributed by atoms with van der Waals surface area (Å²) in [5, 5.41) is 5.95. The van der Waals surface area contributed by atoms with Crippen LogP contribution in [-0.2, 0) is 10.0 Å². The molecule has 0 saturated heterocycles. The summed E-state index contributed by atoms with van der Waals surface area (Å²) in [5.41, 5.74) is 6.13. The summed E-state index contributed by atoms with van der Waals surface area (Å²) >= 11 is 6.29. The predicted octanol–water partition coefficient (Wildman–Crippen LogP) is 4.94. The van der Waals surface area contributed by atoms with E-state index in [2.05, 4.69) is 12.1 Å². The lowest BCUT2D eigenvalue weighted by Crippen LogP contribution is -2.11. The maximum Gasteiger partial charge on any atom is 0.238 e. The molecular weight excluding hydrogens is 354 g/mol. The van der Waals surface area contributed by atoms with Crippen LogP contribution < -0.4 is 5.14 Å². The molecule has 0 spiro atoms. The van der Waals surface area contributed by atoms with Crippen LogP contribution in [-0.4, -0.2) is 8.42 Å².